The molecule has 0 spiro atoms. The number of aromatic nitrogens is 3. The Morgan fingerprint density at radius 1 is 1.24 bits per heavy atom. The molecule has 1 heterocycles. The van der Waals surface area contributed by atoms with E-state index in [1.54, 1.807) is 18.2 Å². The summed E-state index contributed by atoms with van der Waals surface area (Å²) in [6.07, 6.45) is 2.95. The molecule has 0 saturated heterocycles. The van der Waals surface area contributed by atoms with Gasteiger partial charge in [0.25, 0.3) is 0 Å². The number of carboxylic acids is 1. The molecule has 25 heavy (non-hydrogen) atoms. The van der Waals surface area contributed by atoms with Crippen molar-refractivity contribution in [2.45, 2.75) is 10.9 Å². The van der Waals surface area contributed by atoms with Gasteiger partial charge >= 0.3 is 5.97 Å². The van der Waals surface area contributed by atoms with Crippen molar-refractivity contribution in [2.24, 2.45) is 5.10 Å². The fourth-order valence-corrected chi connectivity index (χ4v) is 3.23. The summed E-state index contributed by atoms with van der Waals surface area (Å²) >= 11 is 7.59. The molecule has 0 aliphatic rings. The van der Waals surface area contributed by atoms with Gasteiger partial charge in [-0.1, -0.05) is 59.8 Å². The van der Waals surface area contributed by atoms with E-state index in [1.165, 1.54) is 35.0 Å². The summed E-state index contributed by atoms with van der Waals surface area (Å²) in [5.74, 6) is -0.376. The van der Waals surface area contributed by atoms with Crippen molar-refractivity contribution in [1.29, 1.82) is 0 Å². The van der Waals surface area contributed by atoms with E-state index < -0.39 is 5.97 Å². The van der Waals surface area contributed by atoms with E-state index in [0.29, 0.717) is 21.5 Å². The Balaban J connectivity index is 1.76. The van der Waals surface area contributed by atoms with Crippen LogP contribution in [0.15, 0.2) is 65.1 Å². The van der Waals surface area contributed by atoms with Gasteiger partial charge in [0.1, 0.15) is 6.33 Å². The number of aromatic carboxylic acids is 1. The monoisotopic (exact) mass is 372 g/mol. The molecule has 6 nitrogen and oxygen atoms in total. The van der Waals surface area contributed by atoms with Gasteiger partial charge in [-0.15, -0.1) is 10.2 Å². The van der Waals surface area contributed by atoms with Crippen LogP contribution in [0, 0.1) is 0 Å². The smallest absolute Gasteiger partial charge is 0.336 e. The Hall–Kier alpha value is -2.64. The van der Waals surface area contributed by atoms with Crippen LogP contribution in [0.25, 0.3) is 0 Å². The van der Waals surface area contributed by atoms with E-state index in [4.69, 9.17) is 11.6 Å². The second kappa shape index (κ2) is 7.96. The van der Waals surface area contributed by atoms with Gasteiger partial charge in [0, 0.05) is 16.3 Å². The van der Waals surface area contributed by atoms with E-state index >= 15 is 0 Å². The van der Waals surface area contributed by atoms with Crippen LogP contribution in [0.5, 0.6) is 0 Å². The Bertz CT molecular complexity index is 926. The van der Waals surface area contributed by atoms with E-state index in [0.717, 1.165) is 5.56 Å². The average Bonchev–Trinajstić information content (AvgIpc) is 3.07. The average molecular weight is 373 g/mol. The van der Waals surface area contributed by atoms with Crippen molar-refractivity contribution in [2.75, 3.05) is 0 Å². The zero-order valence-electron chi connectivity index (χ0n) is 12.9. The van der Waals surface area contributed by atoms with Gasteiger partial charge in [-0.3, -0.25) is 0 Å². The lowest BCUT2D eigenvalue weighted by Crippen LogP contribution is -2.02. The Morgan fingerprint density at radius 3 is 2.80 bits per heavy atom. The standard InChI is InChI=1S/C17H13ClN4O2S/c18-15-8-4-2-6-13(15)10-25-17-21-19-11-22(17)20-9-12-5-1-3-7-14(12)16(23)24/h1-9,11H,10H2,(H,23,24)/b20-9+. The fraction of sp³-hybridized carbons (Fsp3) is 0.0588. The van der Waals surface area contributed by atoms with Crippen LogP contribution in [-0.4, -0.2) is 32.2 Å². The number of hydrogen-bond donors (Lipinski definition) is 1. The Morgan fingerprint density at radius 2 is 2.00 bits per heavy atom. The minimum atomic E-state index is -1.00. The number of nitrogens with zero attached hydrogens (tertiary/aromatic N) is 4. The Labute approximate surface area is 153 Å². The molecule has 0 radical (unpaired) electrons. The summed E-state index contributed by atoms with van der Waals surface area (Å²) in [4.78, 5) is 11.2. The van der Waals surface area contributed by atoms with Gasteiger partial charge in [0.15, 0.2) is 0 Å². The lowest BCUT2D eigenvalue weighted by Gasteiger charge is -2.03. The minimum Gasteiger partial charge on any atom is -0.478 e. The molecule has 0 atom stereocenters. The maximum Gasteiger partial charge on any atom is 0.336 e. The number of thioether (sulfide) groups is 1. The van der Waals surface area contributed by atoms with Crippen LogP contribution in [0.1, 0.15) is 21.5 Å². The first-order valence-corrected chi connectivity index (χ1v) is 8.64. The van der Waals surface area contributed by atoms with Crippen LogP contribution >= 0.6 is 23.4 Å². The first-order valence-electron chi connectivity index (χ1n) is 7.28. The third-order valence-electron chi connectivity index (χ3n) is 3.33. The number of carbonyl (C=O) groups is 1. The molecule has 1 aromatic heterocycles. The van der Waals surface area contributed by atoms with E-state index in [-0.39, 0.29) is 5.56 Å². The molecule has 8 heteroatoms. The third-order valence-corrected chi connectivity index (χ3v) is 4.68. The largest absolute Gasteiger partial charge is 0.478 e. The molecule has 0 bridgehead atoms. The van der Waals surface area contributed by atoms with Gasteiger partial charge in [0.2, 0.25) is 5.16 Å². The van der Waals surface area contributed by atoms with Crippen molar-refractivity contribution in [3.8, 4) is 0 Å². The minimum absolute atomic E-state index is 0.185. The van der Waals surface area contributed by atoms with Gasteiger partial charge in [-0.25, -0.2) is 4.79 Å². The van der Waals surface area contributed by atoms with Gasteiger partial charge in [-0.2, -0.15) is 9.78 Å². The van der Waals surface area contributed by atoms with E-state index in [9.17, 15) is 9.90 Å². The molecular weight excluding hydrogens is 360 g/mol. The zero-order valence-corrected chi connectivity index (χ0v) is 14.5. The van der Waals surface area contributed by atoms with Crippen molar-refractivity contribution < 1.29 is 9.90 Å². The third kappa shape index (κ3) is 4.26. The number of benzene rings is 2. The highest BCUT2D eigenvalue weighted by Crippen LogP contribution is 2.25. The Kier molecular flexibility index (Phi) is 5.47. The van der Waals surface area contributed by atoms with Crippen molar-refractivity contribution >= 4 is 35.5 Å². The molecule has 126 valence electrons. The van der Waals surface area contributed by atoms with Crippen LogP contribution in [0.3, 0.4) is 0 Å². The topological polar surface area (TPSA) is 80.4 Å². The molecule has 0 saturated carbocycles. The van der Waals surface area contributed by atoms with Crippen LogP contribution in [-0.2, 0) is 5.75 Å². The molecule has 2 aromatic carbocycles. The van der Waals surface area contributed by atoms with Gasteiger partial charge in [0.05, 0.1) is 11.8 Å². The van der Waals surface area contributed by atoms with Crippen LogP contribution < -0.4 is 0 Å². The lowest BCUT2D eigenvalue weighted by molar-refractivity contribution is 0.0697. The fourth-order valence-electron chi connectivity index (χ4n) is 2.08. The quantitative estimate of drug-likeness (QED) is 0.525. The van der Waals surface area contributed by atoms with Gasteiger partial charge in [-0.05, 0) is 17.7 Å². The highest BCUT2D eigenvalue weighted by Gasteiger charge is 2.09. The molecular formula is C17H13ClN4O2S. The number of rotatable bonds is 6. The predicted octanol–water partition coefficient (Wildman–Crippen LogP) is 3.80. The number of carboxylic acid groups (broad SMARTS) is 1. The van der Waals surface area contributed by atoms with Gasteiger partial charge < -0.3 is 5.11 Å². The van der Waals surface area contributed by atoms with Crippen molar-refractivity contribution in [3.05, 3.63) is 76.6 Å². The second-order valence-corrected chi connectivity index (χ2v) is 6.32. The zero-order chi connectivity index (χ0) is 17.6. The SMILES string of the molecule is O=C(O)c1ccccc1/C=N/n1cnnc1SCc1ccccc1Cl. The highest BCUT2D eigenvalue weighted by atomic mass is 35.5. The van der Waals surface area contributed by atoms with Crippen molar-refractivity contribution in [3.63, 3.8) is 0 Å². The summed E-state index contributed by atoms with van der Waals surface area (Å²) < 4.78 is 1.50. The molecule has 0 unspecified atom stereocenters. The first kappa shape index (κ1) is 17.2. The number of hydrogen-bond acceptors (Lipinski definition) is 5. The molecule has 0 amide bonds. The van der Waals surface area contributed by atoms with E-state index in [1.807, 2.05) is 24.3 Å². The lowest BCUT2D eigenvalue weighted by atomic mass is 10.1. The maximum atomic E-state index is 11.2. The summed E-state index contributed by atoms with van der Waals surface area (Å²) in [6.45, 7) is 0. The summed E-state index contributed by atoms with van der Waals surface area (Å²) in [5.41, 5.74) is 1.68. The molecule has 3 rings (SSSR count). The van der Waals surface area contributed by atoms with E-state index in [2.05, 4.69) is 15.3 Å². The first-order chi connectivity index (χ1) is 12.1. The molecule has 3 aromatic rings. The molecule has 0 fully saturated rings. The second-order valence-electron chi connectivity index (χ2n) is 4.98. The molecule has 0 aliphatic carbocycles. The van der Waals surface area contributed by atoms with Crippen LogP contribution in [0.2, 0.25) is 5.02 Å². The van der Waals surface area contributed by atoms with Crippen molar-refractivity contribution in [1.82, 2.24) is 14.9 Å². The predicted molar refractivity (Wildman–Crippen MR) is 97.4 cm³/mol. The summed E-state index contributed by atoms with van der Waals surface area (Å²) in [5, 5.41) is 22.6. The summed E-state index contributed by atoms with van der Waals surface area (Å²) in [6, 6.07) is 14.2. The summed E-state index contributed by atoms with van der Waals surface area (Å²) in [7, 11) is 0. The van der Waals surface area contributed by atoms with Crippen LogP contribution in [0.4, 0.5) is 0 Å². The maximum absolute atomic E-state index is 11.2. The number of halogens is 1. The normalized spacial score (nSPS) is 11.1. The molecule has 0 aliphatic heterocycles. The molecule has 1 N–H and O–H groups in total. The highest BCUT2D eigenvalue weighted by molar-refractivity contribution is 7.98.